The van der Waals surface area contributed by atoms with E-state index >= 15 is 0 Å². The Kier molecular flexibility index (Phi) is 42.9. The van der Waals surface area contributed by atoms with Crippen LogP contribution in [0.15, 0.2) is 0 Å². The summed E-state index contributed by atoms with van der Waals surface area (Å²) in [4.78, 5) is 13.3. The van der Waals surface area contributed by atoms with Crippen LogP contribution < -0.4 is 5.32 Å². The van der Waals surface area contributed by atoms with Gasteiger partial charge in [-0.15, -0.1) is 0 Å². The first-order chi connectivity index (χ1) is 35.6. The summed E-state index contributed by atoms with van der Waals surface area (Å²) >= 11 is 0. The third kappa shape index (κ3) is 31.9. The number of carbonyl (C=O) groups is 1. The van der Waals surface area contributed by atoms with Crippen molar-refractivity contribution < 1.29 is 64.6 Å². The summed E-state index contributed by atoms with van der Waals surface area (Å²) < 4.78 is 22.8. The minimum Gasteiger partial charge on any atom is -0.394 e. The highest BCUT2D eigenvalue weighted by Gasteiger charge is 2.51. The first kappa shape index (κ1) is 68.1. The van der Waals surface area contributed by atoms with E-state index in [0.717, 1.165) is 51.4 Å². The van der Waals surface area contributed by atoms with Gasteiger partial charge in [0.1, 0.15) is 48.8 Å². The monoisotopic (exact) mass is 1050 g/mol. The normalized spacial score (nSPS) is 25.3. The van der Waals surface area contributed by atoms with Gasteiger partial charge >= 0.3 is 0 Å². The molecule has 2 rings (SSSR count). The smallest absolute Gasteiger partial charge is 0.220 e. The molecule has 73 heavy (non-hydrogen) atoms. The molecule has 2 aliphatic heterocycles. The maximum absolute atomic E-state index is 13.3. The van der Waals surface area contributed by atoms with Crippen LogP contribution in [0.1, 0.15) is 277 Å². The van der Waals surface area contributed by atoms with Crippen molar-refractivity contribution in [3.8, 4) is 0 Å². The number of ether oxygens (including phenoxy) is 4. The number of aliphatic hydroxyl groups excluding tert-OH is 8. The van der Waals surface area contributed by atoms with Crippen LogP contribution in [-0.4, -0.2) is 140 Å². The molecule has 12 unspecified atom stereocenters. The van der Waals surface area contributed by atoms with E-state index in [1.54, 1.807) is 0 Å². The van der Waals surface area contributed by atoms with Crippen LogP contribution in [0, 0.1) is 0 Å². The van der Waals surface area contributed by atoms with Crippen molar-refractivity contribution in [3.05, 3.63) is 0 Å². The van der Waals surface area contributed by atoms with Crippen LogP contribution in [0.25, 0.3) is 0 Å². The van der Waals surface area contributed by atoms with E-state index < -0.39 is 86.8 Å². The third-order valence-electron chi connectivity index (χ3n) is 15.6. The Morgan fingerprint density at radius 2 is 0.781 bits per heavy atom. The number of carbonyl (C=O) groups excluding carboxylic acids is 1. The van der Waals surface area contributed by atoms with E-state index in [1.165, 1.54) is 199 Å². The first-order valence-electron chi connectivity index (χ1n) is 30.8. The minimum absolute atomic E-state index is 0.201. The predicted octanol–water partition coefficient (Wildman–Crippen LogP) is 10.5. The molecule has 14 heteroatoms. The summed E-state index contributed by atoms with van der Waals surface area (Å²) in [5.74, 6) is -0.201. The fourth-order valence-corrected chi connectivity index (χ4v) is 10.6. The highest BCUT2D eigenvalue weighted by Crippen LogP contribution is 2.30. The van der Waals surface area contributed by atoms with Crippen molar-refractivity contribution in [3.63, 3.8) is 0 Å². The fraction of sp³-hybridized carbons (Fsp3) is 0.983. The first-order valence-corrected chi connectivity index (χ1v) is 30.8. The SMILES string of the molecule is CCCCCCCCCCCCCCCCCCCCCCCCCCCCCC(=O)NC(COC1OC(CO)C(OC2OC(CO)C(O)C(O)C2O)C(O)C1O)C(O)CCCCCCCCCCCCCC. The van der Waals surface area contributed by atoms with Gasteiger partial charge in [-0.25, -0.2) is 0 Å². The molecule has 14 nitrogen and oxygen atoms in total. The van der Waals surface area contributed by atoms with E-state index in [2.05, 4.69) is 19.2 Å². The minimum atomic E-state index is -1.78. The lowest BCUT2D eigenvalue weighted by Crippen LogP contribution is -2.65. The second-order valence-electron chi connectivity index (χ2n) is 22.2. The Balaban J connectivity index is 1.66. The summed E-state index contributed by atoms with van der Waals surface area (Å²) in [6.07, 6.45) is 34.1. The summed E-state index contributed by atoms with van der Waals surface area (Å²) in [5.41, 5.74) is 0. The quantitative estimate of drug-likeness (QED) is 0.0259. The van der Waals surface area contributed by atoms with Crippen LogP contribution in [0.5, 0.6) is 0 Å². The van der Waals surface area contributed by atoms with Gasteiger partial charge in [0.05, 0.1) is 32.0 Å². The lowest BCUT2D eigenvalue weighted by atomic mass is 9.97. The van der Waals surface area contributed by atoms with Gasteiger partial charge in [0.2, 0.25) is 5.91 Å². The zero-order valence-electron chi connectivity index (χ0n) is 46.7. The number of nitrogens with one attached hydrogen (secondary N) is 1. The van der Waals surface area contributed by atoms with Crippen LogP contribution in [0.3, 0.4) is 0 Å². The zero-order valence-corrected chi connectivity index (χ0v) is 46.7. The highest BCUT2D eigenvalue weighted by molar-refractivity contribution is 5.76. The van der Waals surface area contributed by atoms with Crippen molar-refractivity contribution >= 4 is 5.91 Å². The van der Waals surface area contributed by atoms with E-state index in [9.17, 15) is 45.6 Å². The summed E-state index contributed by atoms with van der Waals surface area (Å²) in [6, 6.07) is -0.822. The van der Waals surface area contributed by atoms with Crippen molar-refractivity contribution in [2.75, 3.05) is 19.8 Å². The van der Waals surface area contributed by atoms with Gasteiger partial charge in [-0.2, -0.15) is 0 Å². The number of hydrogen-bond donors (Lipinski definition) is 9. The molecule has 1 amide bonds. The molecule has 0 saturated carbocycles. The molecule has 0 aromatic heterocycles. The molecule has 2 aliphatic rings. The number of hydrogen-bond acceptors (Lipinski definition) is 13. The summed E-state index contributed by atoms with van der Waals surface area (Å²) in [6.45, 7) is 2.89. The average Bonchev–Trinajstić information content (AvgIpc) is 3.39. The second-order valence-corrected chi connectivity index (χ2v) is 22.2. The van der Waals surface area contributed by atoms with Crippen LogP contribution in [-0.2, 0) is 23.7 Å². The molecule has 434 valence electrons. The highest BCUT2D eigenvalue weighted by atomic mass is 16.7. The molecule has 0 radical (unpaired) electrons. The lowest BCUT2D eigenvalue weighted by molar-refractivity contribution is -0.359. The number of unbranched alkanes of at least 4 members (excludes halogenated alkanes) is 37. The van der Waals surface area contributed by atoms with Gasteiger partial charge in [-0.05, 0) is 12.8 Å². The standard InChI is InChI=1S/C59H115NO13/c1-3-5-7-9-11-13-15-17-18-19-20-21-22-23-24-25-26-27-28-29-30-31-33-35-37-39-41-43-51(64)60-47(48(63)42-40-38-36-34-32-16-14-12-10-8-6-4-2)46-70-58-56(69)54(67)57(50(45-62)72-58)73-59-55(68)53(66)52(65)49(44-61)71-59/h47-50,52-59,61-63,65-69H,3-46H2,1-2H3,(H,60,64). The number of aliphatic hydroxyl groups is 8. The van der Waals surface area contributed by atoms with Gasteiger partial charge in [0.25, 0.3) is 0 Å². The van der Waals surface area contributed by atoms with E-state index in [1.807, 2.05) is 0 Å². The molecule has 0 bridgehead atoms. The lowest BCUT2D eigenvalue weighted by Gasteiger charge is -2.46. The van der Waals surface area contributed by atoms with Crippen LogP contribution >= 0.6 is 0 Å². The van der Waals surface area contributed by atoms with E-state index in [0.29, 0.717) is 12.8 Å². The number of amides is 1. The molecule has 2 fully saturated rings. The van der Waals surface area contributed by atoms with E-state index in [-0.39, 0.29) is 12.5 Å². The molecule has 9 N–H and O–H groups in total. The third-order valence-corrected chi connectivity index (χ3v) is 15.6. The molecule has 12 atom stereocenters. The number of rotatable bonds is 50. The maximum Gasteiger partial charge on any atom is 0.220 e. The fourth-order valence-electron chi connectivity index (χ4n) is 10.6. The van der Waals surface area contributed by atoms with Crippen molar-refractivity contribution in [1.29, 1.82) is 0 Å². The van der Waals surface area contributed by atoms with Crippen molar-refractivity contribution in [2.45, 2.75) is 351 Å². The molecule has 2 saturated heterocycles. The van der Waals surface area contributed by atoms with Gasteiger partial charge < -0.3 is 65.1 Å². The Hall–Kier alpha value is -1.01. The Bertz CT molecular complexity index is 1230. The van der Waals surface area contributed by atoms with Gasteiger partial charge in [0, 0.05) is 6.42 Å². The Morgan fingerprint density at radius 3 is 1.16 bits per heavy atom. The van der Waals surface area contributed by atoms with Crippen LogP contribution in [0.4, 0.5) is 0 Å². The molecule has 0 aromatic rings. The Morgan fingerprint density at radius 1 is 0.438 bits per heavy atom. The summed E-state index contributed by atoms with van der Waals surface area (Å²) in [7, 11) is 0. The van der Waals surface area contributed by atoms with E-state index in [4.69, 9.17) is 18.9 Å². The Labute approximate surface area is 444 Å². The second kappa shape index (κ2) is 46.0. The maximum atomic E-state index is 13.3. The van der Waals surface area contributed by atoms with Gasteiger partial charge in [-0.1, -0.05) is 258 Å². The van der Waals surface area contributed by atoms with Gasteiger partial charge in [-0.3, -0.25) is 4.79 Å². The van der Waals surface area contributed by atoms with Crippen LogP contribution in [0.2, 0.25) is 0 Å². The average molecular weight is 1050 g/mol. The zero-order chi connectivity index (χ0) is 53.2. The molecule has 0 aliphatic carbocycles. The summed E-state index contributed by atoms with van der Waals surface area (Å²) in [5, 5.41) is 87.1. The van der Waals surface area contributed by atoms with Crippen molar-refractivity contribution in [1.82, 2.24) is 5.32 Å². The molecule has 0 spiro atoms. The molecule has 0 aromatic carbocycles. The predicted molar refractivity (Wildman–Crippen MR) is 291 cm³/mol. The van der Waals surface area contributed by atoms with Gasteiger partial charge in [0.15, 0.2) is 12.6 Å². The molecular weight excluding hydrogens is 931 g/mol. The largest absolute Gasteiger partial charge is 0.394 e. The molecular formula is C59H115NO13. The molecule has 2 heterocycles. The van der Waals surface area contributed by atoms with Crippen molar-refractivity contribution in [2.24, 2.45) is 0 Å². The topological polar surface area (TPSA) is 228 Å².